The minimum Gasteiger partial charge on any atom is -0.378 e. The molecule has 1 amide bonds. The SMILES string of the molecule is Cc1ccc(-n2c(SCC(=O)Nc3ccnn3C3CCCC3)nnc2N2CCOCC2)cc1. The Morgan fingerprint density at radius 1 is 1.12 bits per heavy atom. The Labute approximate surface area is 197 Å². The van der Waals surface area contributed by atoms with Crippen LogP contribution in [0.4, 0.5) is 11.8 Å². The zero-order valence-electron chi connectivity index (χ0n) is 18.8. The number of carbonyl (C=O) groups excluding carboxylic acids is 1. The van der Waals surface area contributed by atoms with E-state index < -0.39 is 0 Å². The summed E-state index contributed by atoms with van der Waals surface area (Å²) in [6, 6.07) is 10.5. The minimum atomic E-state index is -0.0777. The number of rotatable bonds is 7. The van der Waals surface area contributed by atoms with Gasteiger partial charge in [-0.3, -0.25) is 9.36 Å². The fourth-order valence-corrected chi connectivity index (χ4v) is 5.15. The molecule has 2 aromatic heterocycles. The quantitative estimate of drug-likeness (QED) is 0.532. The smallest absolute Gasteiger partial charge is 0.235 e. The zero-order valence-corrected chi connectivity index (χ0v) is 19.6. The predicted molar refractivity (Wildman–Crippen MR) is 128 cm³/mol. The number of benzene rings is 1. The number of amides is 1. The molecule has 1 aliphatic heterocycles. The lowest BCUT2D eigenvalue weighted by atomic mass is 10.2. The molecule has 174 valence electrons. The van der Waals surface area contributed by atoms with Gasteiger partial charge in [-0.15, -0.1) is 10.2 Å². The summed E-state index contributed by atoms with van der Waals surface area (Å²) in [7, 11) is 0. The number of hydrogen-bond acceptors (Lipinski definition) is 7. The van der Waals surface area contributed by atoms with Gasteiger partial charge >= 0.3 is 0 Å². The number of hydrogen-bond donors (Lipinski definition) is 1. The van der Waals surface area contributed by atoms with E-state index in [0.717, 1.165) is 43.4 Å². The van der Waals surface area contributed by atoms with E-state index in [2.05, 4.69) is 56.7 Å². The largest absolute Gasteiger partial charge is 0.378 e. The average Bonchev–Trinajstić information content (AvgIpc) is 3.59. The van der Waals surface area contributed by atoms with E-state index in [1.165, 1.54) is 30.2 Å². The standard InChI is InChI=1S/C23H29N7O2S/c1-17-6-8-18(9-7-17)29-22(28-12-14-32-15-13-28)26-27-23(29)33-16-21(31)25-20-10-11-24-30(20)19-4-2-3-5-19/h6-11,19H,2-5,12-16H2,1H3,(H,25,31). The highest BCUT2D eigenvalue weighted by atomic mass is 32.2. The van der Waals surface area contributed by atoms with Crippen molar-refractivity contribution in [2.75, 3.05) is 42.3 Å². The normalized spacial score (nSPS) is 16.9. The van der Waals surface area contributed by atoms with Crippen LogP contribution in [0.2, 0.25) is 0 Å². The third-order valence-electron chi connectivity index (χ3n) is 6.14. The molecule has 0 atom stereocenters. The van der Waals surface area contributed by atoms with Gasteiger partial charge in [-0.05, 0) is 31.9 Å². The second-order valence-corrected chi connectivity index (χ2v) is 9.43. The Kier molecular flexibility index (Phi) is 6.63. The van der Waals surface area contributed by atoms with Crippen molar-refractivity contribution in [2.24, 2.45) is 0 Å². The lowest BCUT2D eigenvalue weighted by molar-refractivity contribution is -0.113. The molecule has 9 nitrogen and oxygen atoms in total. The van der Waals surface area contributed by atoms with Crippen molar-refractivity contribution in [1.82, 2.24) is 24.5 Å². The molecule has 3 heterocycles. The minimum absolute atomic E-state index is 0.0777. The molecular formula is C23H29N7O2S. The first-order chi connectivity index (χ1) is 16.2. The summed E-state index contributed by atoms with van der Waals surface area (Å²) in [5.74, 6) is 1.71. The van der Waals surface area contributed by atoms with Crippen molar-refractivity contribution in [3.63, 3.8) is 0 Å². The van der Waals surface area contributed by atoms with Crippen LogP contribution in [0, 0.1) is 6.92 Å². The Hall–Kier alpha value is -2.85. The number of carbonyl (C=O) groups is 1. The molecule has 1 N–H and O–H groups in total. The van der Waals surface area contributed by atoms with Crippen molar-refractivity contribution in [3.05, 3.63) is 42.1 Å². The summed E-state index contributed by atoms with van der Waals surface area (Å²) >= 11 is 1.39. The number of nitrogens with zero attached hydrogens (tertiary/aromatic N) is 6. The van der Waals surface area contributed by atoms with E-state index >= 15 is 0 Å². The summed E-state index contributed by atoms with van der Waals surface area (Å²) in [5, 5.41) is 17.1. The van der Waals surface area contributed by atoms with Crippen molar-refractivity contribution < 1.29 is 9.53 Å². The third kappa shape index (κ3) is 4.91. The molecule has 1 saturated heterocycles. The van der Waals surface area contributed by atoms with Crippen molar-refractivity contribution >= 4 is 29.4 Å². The highest BCUT2D eigenvalue weighted by Crippen LogP contribution is 2.31. The van der Waals surface area contributed by atoms with E-state index in [1.54, 1.807) is 6.20 Å². The van der Waals surface area contributed by atoms with Crippen molar-refractivity contribution in [3.8, 4) is 5.69 Å². The van der Waals surface area contributed by atoms with Gasteiger partial charge in [0.1, 0.15) is 5.82 Å². The lowest BCUT2D eigenvalue weighted by Crippen LogP contribution is -2.37. The highest BCUT2D eigenvalue weighted by molar-refractivity contribution is 7.99. The first kappa shape index (κ1) is 22.0. The van der Waals surface area contributed by atoms with Crippen LogP contribution in [-0.4, -0.2) is 62.5 Å². The molecule has 0 radical (unpaired) electrons. The van der Waals surface area contributed by atoms with Gasteiger partial charge in [-0.25, -0.2) is 4.68 Å². The average molecular weight is 468 g/mol. The number of thioether (sulfide) groups is 1. The zero-order chi connectivity index (χ0) is 22.6. The first-order valence-corrected chi connectivity index (χ1v) is 12.5. The van der Waals surface area contributed by atoms with E-state index in [9.17, 15) is 4.79 Å². The number of aromatic nitrogens is 5. The number of aryl methyl sites for hydroxylation is 1. The summed E-state index contributed by atoms with van der Waals surface area (Å²) in [4.78, 5) is 15.0. The maximum atomic E-state index is 12.8. The number of morpholine rings is 1. The molecule has 1 aromatic carbocycles. The van der Waals surface area contributed by atoms with Gasteiger partial charge in [-0.2, -0.15) is 5.10 Å². The number of nitrogens with one attached hydrogen (secondary N) is 1. The first-order valence-electron chi connectivity index (χ1n) is 11.5. The molecule has 5 rings (SSSR count). The van der Waals surface area contributed by atoms with Crippen LogP contribution in [0.15, 0.2) is 41.7 Å². The molecule has 1 aliphatic carbocycles. The van der Waals surface area contributed by atoms with Crippen LogP contribution in [0.1, 0.15) is 37.3 Å². The molecule has 0 spiro atoms. The van der Waals surface area contributed by atoms with E-state index in [1.807, 2.05) is 15.3 Å². The molecule has 10 heteroatoms. The molecule has 0 unspecified atom stereocenters. The summed E-state index contributed by atoms with van der Waals surface area (Å²) in [6.07, 6.45) is 6.41. The monoisotopic (exact) mass is 467 g/mol. The van der Waals surface area contributed by atoms with Gasteiger partial charge in [0.15, 0.2) is 5.16 Å². The van der Waals surface area contributed by atoms with Crippen LogP contribution in [-0.2, 0) is 9.53 Å². The maximum Gasteiger partial charge on any atom is 0.235 e. The van der Waals surface area contributed by atoms with Crippen LogP contribution < -0.4 is 10.2 Å². The second kappa shape index (κ2) is 9.96. The second-order valence-electron chi connectivity index (χ2n) is 8.49. The molecule has 2 aliphatic rings. The molecule has 2 fully saturated rings. The van der Waals surface area contributed by atoms with E-state index in [0.29, 0.717) is 24.4 Å². The Balaban J connectivity index is 1.32. The van der Waals surface area contributed by atoms with Gasteiger partial charge in [0.05, 0.1) is 36.9 Å². The summed E-state index contributed by atoms with van der Waals surface area (Å²) in [6.45, 7) is 4.93. The Morgan fingerprint density at radius 2 is 1.88 bits per heavy atom. The van der Waals surface area contributed by atoms with Crippen molar-refractivity contribution in [1.29, 1.82) is 0 Å². The van der Waals surface area contributed by atoms with Gasteiger partial charge in [0, 0.05) is 19.2 Å². The lowest BCUT2D eigenvalue weighted by Gasteiger charge is -2.28. The molecule has 33 heavy (non-hydrogen) atoms. The fraction of sp³-hybridized carbons (Fsp3) is 0.478. The number of anilines is 2. The molecule has 1 saturated carbocycles. The number of ether oxygens (including phenoxy) is 1. The molecular weight excluding hydrogens is 438 g/mol. The van der Waals surface area contributed by atoms with E-state index in [-0.39, 0.29) is 11.7 Å². The van der Waals surface area contributed by atoms with Crippen LogP contribution >= 0.6 is 11.8 Å². The van der Waals surface area contributed by atoms with Gasteiger partial charge in [-0.1, -0.05) is 42.3 Å². The van der Waals surface area contributed by atoms with Crippen molar-refractivity contribution in [2.45, 2.75) is 43.8 Å². The molecule has 0 bridgehead atoms. The van der Waals surface area contributed by atoms with Gasteiger partial charge in [0.2, 0.25) is 11.9 Å². The van der Waals surface area contributed by atoms with Crippen LogP contribution in [0.5, 0.6) is 0 Å². The summed E-state index contributed by atoms with van der Waals surface area (Å²) in [5.41, 5.74) is 2.17. The van der Waals surface area contributed by atoms with Gasteiger partial charge in [0.25, 0.3) is 0 Å². The maximum absolute atomic E-state index is 12.8. The Bertz CT molecular complexity index is 1080. The van der Waals surface area contributed by atoms with E-state index in [4.69, 9.17) is 4.74 Å². The van der Waals surface area contributed by atoms with Crippen LogP contribution in [0.3, 0.4) is 0 Å². The molecule has 3 aromatic rings. The Morgan fingerprint density at radius 3 is 2.64 bits per heavy atom. The highest BCUT2D eigenvalue weighted by Gasteiger charge is 2.23. The predicted octanol–water partition coefficient (Wildman–Crippen LogP) is 3.45. The fourth-order valence-electron chi connectivity index (χ4n) is 4.41. The topological polar surface area (TPSA) is 90.1 Å². The van der Waals surface area contributed by atoms with Gasteiger partial charge < -0.3 is 15.0 Å². The third-order valence-corrected chi connectivity index (χ3v) is 7.07. The van der Waals surface area contributed by atoms with Crippen LogP contribution in [0.25, 0.3) is 5.69 Å². The summed E-state index contributed by atoms with van der Waals surface area (Å²) < 4.78 is 9.49.